The van der Waals surface area contributed by atoms with Crippen molar-refractivity contribution in [2.45, 2.75) is 6.92 Å². The number of hydrogen-bond acceptors (Lipinski definition) is 3. The van der Waals surface area contributed by atoms with Crippen molar-refractivity contribution >= 4 is 22.7 Å². The molecule has 0 saturated heterocycles. The lowest BCUT2D eigenvalue weighted by Gasteiger charge is -1.90. The molecule has 0 unspecified atom stereocenters. The average molecular weight is 181 g/mol. The zero-order valence-corrected chi connectivity index (χ0v) is 7.71. The Labute approximate surface area is 73.4 Å². The van der Waals surface area contributed by atoms with E-state index < -0.39 is 0 Å². The van der Waals surface area contributed by atoms with E-state index in [4.69, 9.17) is 0 Å². The van der Waals surface area contributed by atoms with E-state index in [9.17, 15) is 0 Å². The topological polar surface area (TPSA) is 12.9 Å². The standard InChI is InChI=1S/C8H7NS2/c1-6-2-4-10-7(6)8-9-3-5-11-8/h2-5H,1H3. The molecule has 3 heteroatoms. The van der Waals surface area contributed by atoms with Crippen LogP contribution < -0.4 is 0 Å². The Morgan fingerprint density at radius 1 is 1.27 bits per heavy atom. The molecule has 2 aromatic rings. The Morgan fingerprint density at radius 3 is 2.73 bits per heavy atom. The number of rotatable bonds is 1. The summed E-state index contributed by atoms with van der Waals surface area (Å²) in [6.07, 6.45) is 1.85. The van der Waals surface area contributed by atoms with Gasteiger partial charge in [-0.1, -0.05) is 0 Å². The van der Waals surface area contributed by atoms with Crippen molar-refractivity contribution in [2.75, 3.05) is 0 Å². The largest absolute Gasteiger partial charge is 0.244 e. The van der Waals surface area contributed by atoms with Crippen LogP contribution in [0.3, 0.4) is 0 Å². The zero-order chi connectivity index (χ0) is 7.68. The Bertz CT molecular complexity index is 335. The van der Waals surface area contributed by atoms with Crippen LogP contribution in [0.2, 0.25) is 0 Å². The first kappa shape index (κ1) is 7.00. The normalized spacial score (nSPS) is 10.3. The average Bonchev–Trinajstić information content (AvgIpc) is 2.55. The molecule has 2 aromatic heterocycles. The summed E-state index contributed by atoms with van der Waals surface area (Å²) in [6.45, 7) is 2.12. The minimum absolute atomic E-state index is 1.14. The van der Waals surface area contributed by atoms with Crippen molar-refractivity contribution < 1.29 is 0 Å². The first-order chi connectivity index (χ1) is 5.38. The van der Waals surface area contributed by atoms with E-state index in [-0.39, 0.29) is 0 Å². The van der Waals surface area contributed by atoms with E-state index in [2.05, 4.69) is 23.4 Å². The van der Waals surface area contributed by atoms with Gasteiger partial charge in [0.05, 0.1) is 4.88 Å². The molecular weight excluding hydrogens is 174 g/mol. The predicted molar refractivity (Wildman–Crippen MR) is 50.2 cm³/mol. The van der Waals surface area contributed by atoms with Crippen molar-refractivity contribution in [2.24, 2.45) is 0 Å². The maximum absolute atomic E-state index is 4.25. The minimum atomic E-state index is 1.14. The maximum atomic E-state index is 4.25. The van der Waals surface area contributed by atoms with E-state index in [1.54, 1.807) is 22.7 Å². The summed E-state index contributed by atoms with van der Waals surface area (Å²) in [6, 6.07) is 2.13. The predicted octanol–water partition coefficient (Wildman–Crippen LogP) is 3.18. The van der Waals surface area contributed by atoms with Gasteiger partial charge in [-0.05, 0) is 23.9 Å². The molecule has 0 spiro atoms. The summed E-state index contributed by atoms with van der Waals surface area (Å²) in [5.74, 6) is 0. The second-order valence-electron chi connectivity index (χ2n) is 2.27. The third kappa shape index (κ3) is 1.21. The highest BCUT2D eigenvalue weighted by Gasteiger charge is 2.03. The molecule has 0 aliphatic heterocycles. The summed E-state index contributed by atoms with van der Waals surface area (Å²) in [7, 11) is 0. The third-order valence-corrected chi connectivity index (χ3v) is 3.43. The lowest BCUT2D eigenvalue weighted by molar-refractivity contribution is 1.41. The number of aromatic nitrogens is 1. The Morgan fingerprint density at radius 2 is 2.18 bits per heavy atom. The summed E-state index contributed by atoms with van der Waals surface area (Å²) in [4.78, 5) is 5.55. The van der Waals surface area contributed by atoms with Gasteiger partial charge in [-0.3, -0.25) is 0 Å². The fourth-order valence-corrected chi connectivity index (χ4v) is 2.67. The smallest absolute Gasteiger partial charge is 0.133 e. The quantitative estimate of drug-likeness (QED) is 0.658. The third-order valence-electron chi connectivity index (χ3n) is 1.49. The highest BCUT2D eigenvalue weighted by atomic mass is 32.1. The molecule has 0 bridgehead atoms. The van der Waals surface area contributed by atoms with E-state index in [0.717, 1.165) is 5.01 Å². The summed E-state index contributed by atoms with van der Waals surface area (Å²) in [5, 5.41) is 5.25. The van der Waals surface area contributed by atoms with E-state index >= 15 is 0 Å². The highest BCUT2D eigenvalue weighted by molar-refractivity contribution is 7.20. The second kappa shape index (κ2) is 2.75. The zero-order valence-electron chi connectivity index (χ0n) is 6.07. The van der Waals surface area contributed by atoms with Crippen LogP contribution in [0.4, 0.5) is 0 Å². The summed E-state index contributed by atoms with van der Waals surface area (Å²) >= 11 is 3.45. The van der Waals surface area contributed by atoms with E-state index in [0.29, 0.717) is 0 Å². The van der Waals surface area contributed by atoms with Crippen LogP contribution in [-0.4, -0.2) is 4.98 Å². The molecular formula is C8H7NS2. The van der Waals surface area contributed by atoms with Crippen molar-refractivity contribution in [1.82, 2.24) is 4.98 Å². The number of nitrogens with zero attached hydrogens (tertiary/aromatic N) is 1. The van der Waals surface area contributed by atoms with Gasteiger partial charge in [0.15, 0.2) is 0 Å². The van der Waals surface area contributed by atoms with Crippen molar-refractivity contribution in [3.8, 4) is 9.88 Å². The molecule has 0 saturated carbocycles. The summed E-state index contributed by atoms with van der Waals surface area (Å²) in [5.41, 5.74) is 1.32. The van der Waals surface area contributed by atoms with Crippen LogP contribution in [0.15, 0.2) is 23.0 Å². The Balaban J connectivity index is 2.53. The number of hydrogen-bond donors (Lipinski definition) is 0. The molecule has 0 atom stereocenters. The van der Waals surface area contributed by atoms with Crippen LogP contribution in [0, 0.1) is 6.92 Å². The summed E-state index contributed by atoms with van der Waals surface area (Å²) < 4.78 is 0. The number of thiophene rings is 1. The minimum Gasteiger partial charge on any atom is -0.244 e. The van der Waals surface area contributed by atoms with Gasteiger partial charge in [0.2, 0.25) is 0 Å². The van der Waals surface area contributed by atoms with Gasteiger partial charge in [0.25, 0.3) is 0 Å². The molecule has 11 heavy (non-hydrogen) atoms. The molecule has 0 aliphatic carbocycles. The van der Waals surface area contributed by atoms with Gasteiger partial charge < -0.3 is 0 Å². The first-order valence-corrected chi connectivity index (χ1v) is 5.08. The van der Waals surface area contributed by atoms with Gasteiger partial charge in [0, 0.05) is 11.6 Å². The van der Waals surface area contributed by atoms with Gasteiger partial charge in [-0.25, -0.2) is 4.98 Å². The molecule has 0 fully saturated rings. The molecule has 2 rings (SSSR count). The fraction of sp³-hybridized carbons (Fsp3) is 0.125. The molecule has 56 valence electrons. The van der Waals surface area contributed by atoms with Crippen LogP contribution >= 0.6 is 22.7 Å². The maximum Gasteiger partial charge on any atom is 0.133 e. The van der Waals surface area contributed by atoms with Crippen molar-refractivity contribution in [3.05, 3.63) is 28.6 Å². The number of aryl methyl sites for hydroxylation is 1. The molecule has 0 radical (unpaired) electrons. The molecule has 0 amide bonds. The monoisotopic (exact) mass is 181 g/mol. The lowest BCUT2D eigenvalue weighted by Crippen LogP contribution is -1.70. The molecule has 2 heterocycles. The van der Waals surface area contributed by atoms with Gasteiger partial charge in [-0.15, -0.1) is 22.7 Å². The molecule has 0 N–H and O–H groups in total. The highest BCUT2D eigenvalue weighted by Crippen LogP contribution is 2.29. The van der Waals surface area contributed by atoms with E-state index in [1.807, 2.05) is 11.6 Å². The second-order valence-corrected chi connectivity index (χ2v) is 4.08. The Kier molecular flexibility index (Phi) is 1.75. The van der Waals surface area contributed by atoms with Crippen LogP contribution in [0.5, 0.6) is 0 Å². The van der Waals surface area contributed by atoms with E-state index in [1.165, 1.54) is 10.4 Å². The SMILES string of the molecule is Cc1ccsc1-c1nccs1. The van der Waals surface area contributed by atoms with Crippen molar-refractivity contribution in [1.29, 1.82) is 0 Å². The van der Waals surface area contributed by atoms with Crippen LogP contribution in [-0.2, 0) is 0 Å². The molecule has 0 aliphatic rings. The van der Waals surface area contributed by atoms with Gasteiger partial charge >= 0.3 is 0 Å². The lowest BCUT2D eigenvalue weighted by atomic mass is 10.3. The van der Waals surface area contributed by atoms with Gasteiger partial charge in [0.1, 0.15) is 5.01 Å². The first-order valence-electron chi connectivity index (χ1n) is 3.32. The number of thiazole rings is 1. The molecule has 1 nitrogen and oxygen atoms in total. The molecule has 0 aromatic carbocycles. The van der Waals surface area contributed by atoms with Crippen LogP contribution in [0.25, 0.3) is 9.88 Å². The fourth-order valence-electron chi connectivity index (χ4n) is 0.927. The van der Waals surface area contributed by atoms with Crippen molar-refractivity contribution in [3.63, 3.8) is 0 Å². The van der Waals surface area contributed by atoms with Crippen LogP contribution in [0.1, 0.15) is 5.56 Å². The van der Waals surface area contributed by atoms with Gasteiger partial charge in [-0.2, -0.15) is 0 Å². The Hall–Kier alpha value is -0.670.